The average molecular weight is 247 g/mol. The summed E-state index contributed by atoms with van der Waals surface area (Å²) < 4.78 is 0. The van der Waals surface area contributed by atoms with Gasteiger partial charge in [-0.2, -0.15) is 0 Å². The molecule has 1 aliphatic carbocycles. The van der Waals surface area contributed by atoms with Crippen molar-refractivity contribution in [2.24, 2.45) is 0 Å². The molecule has 1 aromatic heterocycles. The molecule has 0 atom stereocenters. The first kappa shape index (κ1) is 13.0. The number of rotatable bonds is 3. The molecule has 0 amide bonds. The molecule has 1 aliphatic rings. The minimum absolute atomic E-state index is 0.396. The van der Waals surface area contributed by atoms with Crippen LogP contribution >= 0.6 is 0 Å². The van der Waals surface area contributed by atoms with E-state index in [4.69, 9.17) is 0 Å². The van der Waals surface area contributed by atoms with Crippen LogP contribution in [0, 0.1) is 6.92 Å². The van der Waals surface area contributed by atoms with Gasteiger partial charge in [0.05, 0.1) is 0 Å². The summed E-state index contributed by atoms with van der Waals surface area (Å²) in [5.41, 5.74) is 1.08. The van der Waals surface area contributed by atoms with Crippen molar-refractivity contribution in [3.8, 4) is 0 Å². The molecular weight excluding hydrogens is 226 g/mol. The molecule has 1 saturated carbocycles. The van der Waals surface area contributed by atoms with E-state index in [1.165, 1.54) is 0 Å². The summed E-state index contributed by atoms with van der Waals surface area (Å²) in [4.78, 5) is 22.4. The van der Waals surface area contributed by atoms with Gasteiger partial charge < -0.3 is 4.90 Å². The van der Waals surface area contributed by atoms with E-state index in [2.05, 4.69) is 34.9 Å². The smallest absolute Gasteiger partial charge is 0.133 e. The van der Waals surface area contributed by atoms with E-state index in [1.807, 2.05) is 6.92 Å². The fourth-order valence-electron chi connectivity index (χ4n) is 2.47. The predicted molar refractivity (Wildman–Crippen MR) is 71.8 cm³/mol. The van der Waals surface area contributed by atoms with Gasteiger partial charge in [-0.3, -0.25) is 4.79 Å². The summed E-state index contributed by atoms with van der Waals surface area (Å²) in [7, 11) is 2.07. The highest BCUT2D eigenvalue weighted by Gasteiger charge is 2.23. The normalized spacial score (nSPS) is 16.9. The van der Waals surface area contributed by atoms with Crippen LogP contribution < -0.4 is 4.90 Å². The number of hydrogen-bond donors (Lipinski definition) is 0. The molecule has 0 bridgehead atoms. The maximum atomic E-state index is 11.3. The van der Waals surface area contributed by atoms with Crippen LogP contribution in [-0.2, 0) is 11.2 Å². The fraction of sp³-hybridized carbons (Fsp3) is 0.643. The van der Waals surface area contributed by atoms with Gasteiger partial charge >= 0.3 is 0 Å². The first-order valence-electron chi connectivity index (χ1n) is 6.69. The molecule has 0 radical (unpaired) electrons. The molecule has 0 N–H and O–H groups in total. The molecule has 0 aliphatic heterocycles. The van der Waals surface area contributed by atoms with Crippen LogP contribution in [0.3, 0.4) is 0 Å². The van der Waals surface area contributed by atoms with Gasteiger partial charge in [0.15, 0.2) is 0 Å². The van der Waals surface area contributed by atoms with Crippen LogP contribution in [0.5, 0.6) is 0 Å². The van der Waals surface area contributed by atoms with E-state index in [9.17, 15) is 4.79 Å². The number of carbonyl (C=O) groups is 1. The lowest BCUT2D eigenvalue weighted by molar-refractivity contribution is -0.120. The Labute approximate surface area is 108 Å². The van der Waals surface area contributed by atoms with E-state index >= 15 is 0 Å². The van der Waals surface area contributed by atoms with E-state index in [1.54, 1.807) is 0 Å². The van der Waals surface area contributed by atoms with Crippen LogP contribution in [0.4, 0.5) is 5.82 Å². The highest BCUT2D eigenvalue weighted by molar-refractivity contribution is 5.79. The number of anilines is 1. The molecule has 4 nitrogen and oxygen atoms in total. The van der Waals surface area contributed by atoms with Gasteiger partial charge in [0.25, 0.3) is 0 Å². The van der Waals surface area contributed by atoms with Gasteiger partial charge in [0.2, 0.25) is 0 Å². The van der Waals surface area contributed by atoms with Crippen molar-refractivity contribution in [1.82, 2.24) is 9.97 Å². The molecule has 1 heterocycles. The Balaban J connectivity index is 2.15. The van der Waals surface area contributed by atoms with Crippen molar-refractivity contribution in [1.29, 1.82) is 0 Å². The summed E-state index contributed by atoms with van der Waals surface area (Å²) >= 11 is 0. The average Bonchev–Trinajstić information content (AvgIpc) is 2.38. The van der Waals surface area contributed by atoms with Crippen molar-refractivity contribution in [2.75, 3.05) is 11.9 Å². The summed E-state index contributed by atoms with van der Waals surface area (Å²) in [5, 5.41) is 0. The summed E-state index contributed by atoms with van der Waals surface area (Å²) in [6.45, 7) is 4.03. The molecule has 0 unspecified atom stereocenters. The molecule has 1 aromatic rings. The monoisotopic (exact) mass is 247 g/mol. The maximum Gasteiger partial charge on any atom is 0.133 e. The Morgan fingerprint density at radius 3 is 2.61 bits per heavy atom. The zero-order chi connectivity index (χ0) is 13.1. The molecule has 2 rings (SSSR count). The zero-order valence-corrected chi connectivity index (χ0v) is 11.4. The van der Waals surface area contributed by atoms with E-state index in [-0.39, 0.29) is 0 Å². The second-order valence-electron chi connectivity index (χ2n) is 5.00. The van der Waals surface area contributed by atoms with E-state index in [0.717, 1.165) is 36.6 Å². The highest BCUT2D eigenvalue weighted by atomic mass is 16.1. The Hall–Kier alpha value is -1.45. The third-order valence-electron chi connectivity index (χ3n) is 3.66. The van der Waals surface area contributed by atoms with Crippen molar-refractivity contribution in [2.45, 2.75) is 52.0 Å². The summed E-state index contributed by atoms with van der Waals surface area (Å²) in [6, 6.07) is 2.49. The molecule has 4 heteroatoms. The number of Topliss-reactive ketones (excluding diaryl/α,β-unsaturated/α-hetero) is 1. The van der Waals surface area contributed by atoms with Gasteiger partial charge in [-0.15, -0.1) is 0 Å². The van der Waals surface area contributed by atoms with Crippen LogP contribution in [-0.4, -0.2) is 28.8 Å². The Bertz CT molecular complexity index is 435. The standard InChI is InChI=1S/C14H21N3O/c1-4-11-9-14(16-10(2)15-11)17(3)12-5-7-13(18)8-6-12/h9,12H,4-8H2,1-3H3. The van der Waals surface area contributed by atoms with Gasteiger partial charge in [-0.05, 0) is 26.2 Å². The van der Waals surface area contributed by atoms with Crippen LogP contribution in [0.25, 0.3) is 0 Å². The Morgan fingerprint density at radius 2 is 2.00 bits per heavy atom. The first-order valence-corrected chi connectivity index (χ1v) is 6.69. The zero-order valence-electron chi connectivity index (χ0n) is 11.4. The van der Waals surface area contributed by atoms with Crippen LogP contribution in [0.1, 0.15) is 44.1 Å². The van der Waals surface area contributed by atoms with Gasteiger partial charge in [-0.1, -0.05) is 6.92 Å². The minimum atomic E-state index is 0.396. The van der Waals surface area contributed by atoms with E-state index < -0.39 is 0 Å². The molecule has 0 aromatic carbocycles. The molecule has 1 fully saturated rings. The lowest BCUT2D eigenvalue weighted by Gasteiger charge is -2.31. The minimum Gasteiger partial charge on any atom is -0.357 e. The van der Waals surface area contributed by atoms with Gasteiger partial charge in [0.1, 0.15) is 17.4 Å². The predicted octanol–water partition coefficient (Wildman–Crippen LogP) is 2.30. The van der Waals surface area contributed by atoms with Crippen molar-refractivity contribution >= 4 is 11.6 Å². The lowest BCUT2D eigenvalue weighted by atomic mass is 9.93. The fourth-order valence-corrected chi connectivity index (χ4v) is 2.47. The molecule has 0 saturated heterocycles. The number of aromatic nitrogens is 2. The lowest BCUT2D eigenvalue weighted by Crippen LogP contribution is -2.36. The summed E-state index contributed by atoms with van der Waals surface area (Å²) in [5.74, 6) is 2.20. The number of ketones is 1. The van der Waals surface area contributed by atoms with Crippen LogP contribution in [0.15, 0.2) is 6.07 Å². The third-order valence-corrected chi connectivity index (χ3v) is 3.66. The van der Waals surface area contributed by atoms with Gasteiger partial charge in [0, 0.05) is 37.7 Å². The number of nitrogens with zero attached hydrogens (tertiary/aromatic N) is 3. The van der Waals surface area contributed by atoms with Crippen molar-refractivity contribution in [3.63, 3.8) is 0 Å². The Morgan fingerprint density at radius 1 is 1.33 bits per heavy atom. The highest BCUT2D eigenvalue weighted by Crippen LogP contribution is 2.23. The second kappa shape index (κ2) is 5.46. The summed E-state index contributed by atoms with van der Waals surface area (Å²) in [6.07, 6.45) is 4.23. The number of carbonyl (C=O) groups excluding carboxylic acids is 1. The van der Waals surface area contributed by atoms with E-state index in [0.29, 0.717) is 24.7 Å². The maximum absolute atomic E-state index is 11.3. The molecular formula is C14H21N3O. The van der Waals surface area contributed by atoms with Crippen LogP contribution in [0.2, 0.25) is 0 Å². The number of hydrogen-bond acceptors (Lipinski definition) is 4. The molecule has 0 spiro atoms. The SMILES string of the molecule is CCc1cc(N(C)C2CCC(=O)CC2)nc(C)n1. The van der Waals surface area contributed by atoms with Crippen molar-refractivity contribution < 1.29 is 4.79 Å². The first-order chi connectivity index (χ1) is 8.60. The largest absolute Gasteiger partial charge is 0.357 e. The molecule has 98 valence electrons. The molecule has 18 heavy (non-hydrogen) atoms. The number of aryl methyl sites for hydroxylation is 2. The second-order valence-corrected chi connectivity index (χ2v) is 5.00. The quantitative estimate of drug-likeness (QED) is 0.822. The topological polar surface area (TPSA) is 46.1 Å². The van der Waals surface area contributed by atoms with Crippen molar-refractivity contribution in [3.05, 3.63) is 17.6 Å². The third kappa shape index (κ3) is 2.86. The van der Waals surface area contributed by atoms with Gasteiger partial charge in [-0.25, -0.2) is 9.97 Å². The Kier molecular flexibility index (Phi) is 3.94.